The Morgan fingerprint density at radius 3 is 2.89 bits per heavy atom. The molecule has 0 aliphatic heterocycles. The van der Waals surface area contributed by atoms with Gasteiger partial charge in [-0.05, 0) is 59.8 Å². The third kappa shape index (κ3) is 4.41. The topological polar surface area (TPSA) is 58.6 Å². The number of aliphatic carboxylic acids is 1. The monoisotopic (exact) mass is 367 g/mol. The van der Waals surface area contributed by atoms with Crippen LogP contribution in [0.3, 0.4) is 0 Å². The second-order valence-electron chi connectivity index (χ2n) is 3.67. The summed E-state index contributed by atoms with van der Waals surface area (Å²) in [6.07, 6.45) is 0.358. The van der Waals surface area contributed by atoms with Crippen LogP contribution in [0, 0.1) is 3.57 Å². The van der Waals surface area contributed by atoms with Crippen molar-refractivity contribution in [1.82, 2.24) is 5.32 Å². The Hall–Kier alpha value is -0.890. The quantitative estimate of drug-likeness (QED) is 0.723. The van der Waals surface area contributed by atoms with Gasteiger partial charge in [0.25, 0.3) is 0 Å². The number of halogens is 2. The molecule has 0 saturated carbocycles. The number of rotatable bonds is 7. The molecule has 0 aliphatic carbocycles. The van der Waals surface area contributed by atoms with E-state index in [9.17, 15) is 9.18 Å². The summed E-state index contributed by atoms with van der Waals surface area (Å²) < 4.78 is 18.2. The summed E-state index contributed by atoms with van der Waals surface area (Å²) in [4.78, 5) is 11.0. The third-order valence-corrected chi connectivity index (χ3v) is 3.49. The Bertz CT molecular complexity index is 414. The van der Waals surface area contributed by atoms with E-state index >= 15 is 0 Å². The van der Waals surface area contributed by atoms with Crippen molar-refractivity contribution >= 4 is 28.6 Å². The minimum Gasteiger partial charge on any atom is -0.491 e. The lowest BCUT2D eigenvalue weighted by Gasteiger charge is -2.13. The highest BCUT2D eigenvalue weighted by molar-refractivity contribution is 14.1. The summed E-state index contributed by atoms with van der Waals surface area (Å²) in [5.41, 5.74) is 0.869. The highest BCUT2D eigenvalue weighted by Gasteiger charge is 2.17. The molecule has 0 radical (unpaired) electrons. The molecule has 18 heavy (non-hydrogen) atoms. The van der Waals surface area contributed by atoms with Gasteiger partial charge in [0.05, 0.1) is 0 Å². The van der Waals surface area contributed by atoms with Crippen molar-refractivity contribution in [2.75, 3.05) is 20.3 Å². The lowest BCUT2D eigenvalue weighted by Crippen LogP contribution is -2.35. The van der Waals surface area contributed by atoms with Gasteiger partial charge in [0, 0.05) is 3.57 Å². The van der Waals surface area contributed by atoms with Gasteiger partial charge in [-0.15, -0.1) is 0 Å². The molecular weight excluding hydrogens is 352 g/mol. The number of carboxylic acids is 1. The molecule has 0 unspecified atom stereocenters. The number of likely N-dealkylation sites (N-methyl/N-ethyl adjacent to an activating group) is 1. The molecule has 1 aromatic rings. The molecule has 0 spiro atoms. The number of nitrogens with one attached hydrogen (secondary N) is 1. The molecule has 2 N–H and O–H groups in total. The van der Waals surface area contributed by atoms with Crippen LogP contribution < -0.4 is 10.1 Å². The van der Waals surface area contributed by atoms with Crippen LogP contribution in [-0.2, 0) is 11.2 Å². The summed E-state index contributed by atoms with van der Waals surface area (Å²) in [7, 11) is 1.61. The second-order valence-corrected chi connectivity index (χ2v) is 4.84. The molecule has 0 bridgehead atoms. The van der Waals surface area contributed by atoms with Crippen LogP contribution >= 0.6 is 22.6 Å². The number of carboxylic acid groups (broad SMARTS) is 1. The van der Waals surface area contributed by atoms with E-state index in [1.54, 1.807) is 19.2 Å². The molecule has 4 nitrogen and oxygen atoms in total. The van der Waals surface area contributed by atoms with Gasteiger partial charge in [-0.25, -0.2) is 4.39 Å². The Morgan fingerprint density at radius 1 is 1.61 bits per heavy atom. The standard InChI is InChI=1S/C12H15FINO3/c1-15-11(12(16)17)7-8-6-9(18-5-4-13)2-3-10(8)14/h2-3,6,11,15H,4-5,7H2,1H3,(H,16,17)/t11-/m0/s1. The van der Waals surface area contributed by atoms with Crippen molar-refractivity contribution in [2.45, 2.75) is 12.5 Å². The molecule has 0 aliphatic rings. The fourth-order valence-electron chi connectivity index (χ4n) is 1.49. The number of hydrogen-bond acceptors (Lipinski definition) is 3. The maximum absolute atomic E-state index is 12.0. The highest BCUT2D eigenvalue weighted by Crippen LogP contribution is 2.21. The molecule has 1 aromatic carbocycles. The van der Waals surface area contributed by atoms with E-state index in [1.165, 1.54) is 0 Å². The van der Waals surface area contributed by atoms with Gasteiger partial charge in [-0.2, -0.15) is 0 Å². The lowest BCUT2D eigenvalue weighted by molar-refractivity contribution is -0.139. The summed E-state index contributed by atoms with van der Waals surface area (Å²) in [6, 6.07) is 4.69. The first kappa shape index (κ1) is 15.2. The number of hydrogen-bond donors (Lipinski definition) is 2. The average molecular weight is 367 g/mol. The van der Waals surface area contributed by atoms with E-state index in [0.29, 0.717) is 12.2 Å². The maximum atomic E-state index is 12.0. The molecule has 0 amide bonds. The molecule has 0 aromatic heterocycles. The first-order valence-corrected chi connectivity index (χ1v) is 6.53. The van der Waals surface area contributed by atoms with Gasteiger partial charge in [0.2, 0.25) is 0 Å². The smallest absolute Gasteiger partial charge is 0.321 e. The zero-order chi connectivity index (χ0) is 13.5. The minimum atomic E-state index is -0.900. The molecule has 100 valence electrons. The average Bonchev–Trinajstić information content (AvgIpc) is 2.35. The zero-order valence-corrected chi connectivity index (χ0v) is 12.1. The zero-order valence-electron chi connectivity index (χ0n) is 9.95. The normalized spacial score (nSPS) is 12.2. The summed E-state index contributed by atoms with van der Waals surface area (Å²) in [6.45, 7) is -0.538. The molecule has 0 fully saturated rings. The summed E-state index contributed by atoms with van der Waals surface area (Å²) in [5.74, 6) is -0.341. The Morgan fingerprint density at radius 2 is 2.33 bits per heavy atom. The van der Waals surface area contributed by atoms with Crippen LogP contribution in [0.4, 0.5) is 4.39 Å². The van der Waals surface area contributed by atoms with Crippen molar-refractivity contribution in [2.24, 2.45) is 0 Å². The molecule has 1 rings (SSSR count). The van der Waals surface area contributed by atoms with Crippen LogP contribution in [0.5, 0.6) is 5.75 Å². The largest absolute Gasteiger partial charge is 0.491 e. The second kappa shape index (κ2) is 7.52. The number of ether oxygens (including phenoxy) is 1. The van der Waals surface area contributed by atoms with E-state index in [2.05, 4.69) is 27.9 Å². The summed E-state index contributed by atoms with van der Waals surface area (Å²) >= 11 is 2.14. The van der Waals surface area contributed by atoms with Crippen molar-refractivity contribution < 1.29 is 19.0 Å². The van der Waals surface area contributed by atoms with E-state index in [0.717, 1.165) is 9.13 Å². The van der Waals surface area contributed by atoms with Gasteiger partial charge < -0.3 is 15.2 Å². The van der Waals surface area contributed by atoms with E-state index < -0.39 is 18.7 Å². The van der Waals surface area contributed by atoms with Gasteiger partial charge in [-0.3, -0.25) is 4.79 Å². The maximum Gasteiger partial charge on any atom is 0.321 e. The first-order chi connectivity index (χ1) is 8.58. The van der Waals surface area contributed by atoms with Gasteiger partial charge in [0.15, 0.2) is 0 Å². The minimum absolute atomic E-state index is 0.00835. The Kier molecular flexibility index (Phi) is 6.34. The van der Waals surface area contributed by atoms with Crippen LogP contribution in [0.15, 0.2) is 18.2 Å². The van der Waals surface area contributed by atoms with Crippen LogP contribution in [0.25, 0.3) is 0 Å². The van der Waals surface area contributed by atoms with Gasteiger partial charge >= 0.3 is 5.97 Å². The highest BCUT2D eigenvalue weighted by atomic mass is 127. The fraction of sp³-hybridized carbons (Fsp3) is 0.417. The predicted molar refractivity (Wildman–Crippen MR) is 74.8 cm³/mol. The van der Waals surface area contributed by atoms with Crippen molar-refractivity contribution in [1.29, 1.82) is 0 Å². The van der Waals surface area contributed by atoms with E-state index in [1.807, 2.05) is 6.07 Å². The van der Waals surface area contributed by atoms with Crippen molar-refractivity contribution in [3.63, 3.8) is 0 Å². The van der Waals surface area contributed by atoms with E-state index in [-0.39, 0.29) is 6.61 Å². The Labute approximate surface area is 119 Å². The molecule has 1 atom stereocenters. The molecule has 6 heteroatoms. The summed E-state index contributed by atoms with van der Waals surface area (Å²) in [5, 5.41) is 11.7. The first-order valence-electron chi connectivity index (χ1n) is 5.45. The SMILES string of the molecule is CN[C@@H](Cc1cc(OCCF)ccc1I)C(=O)O. The predicted octanol–water partition coefficient (Wildman–Crippen LogP) is 1.85. The fourth-order valence-corrected chi connectivity index (χ4v) is 2.04. The van der Waals surface area contributed by atoms with Crippen molar-refractivity contribution in [3.05, 3.63) is 27.3 Å². The molecule has 0 saturated heterocycles. The van der Waals surface area contributed by atoms with Crippen LogP contribution in [-0.4, -0.2) is 37.4 Å². The van der Waals surface area contributed by atoms with Crippen LogP contribution in [0.2, 0.25) is 0 Å². The molecular formula is C12H15FINO3. The number of carbonyl (C=O) groups is 1. The third-order valence-electron chi connectivity index (χ3n) is 2.43. The molecule has 0 heterocycles. The van der Waals surface area contributed by atoms with E-state index in [4.69, 9.17) is 9.84 Å². The number of alkyl halides is 1. The number of benzene rings is 1. The van der Waals surface area contributed by atoms with Gasteiger partial charge in [-0.1, -0.05) is 0 Å². The van der Waals surface area contributed by atoms with Crippen molar-refractivity contribution in [3.8, 4) is 5.75 Å². The lowest BCUT2D eigenvalue weighted by atomic mass is 10.1. The Balaban J connectivity index is 2.82. The van der Waals surface area contributed by atoms with Crippen LogP contribution in [0.1, 0.15) is 5.56 Å². The van der Waals surface area contributed by atoms with Gasteiger partial charge in [0.1, 0.15) is 25.1 Å².